The van der Waals surface area contributed by atoms with E-state index in [-0.39, 0.29) is 0 Å². The zero-order valence-electron chi connectivity index (χ0n) is 16.8. The number of hydrogen-bond donors (Lipinski definition) is 0. The van der Waals surface area contributed by atoms with E-state index < -0.39 is 0 Å². The number of rotatable bonds is 4. The summed E-state index contributed by atoms with van der Waals surface area (Å²) in [5, 5.41) is 5.76. The largest absolute Gasteiger partial charge is 0.486 e. The van der Waals surface area contributed by atoms with Gasteiger partial charge in [-0.05, 0) is 74.1 Å². The van der Waals surface area contributed by atoms with E-state index in [1.807, 2.05) is 24.3 Å². The molecule has 1 aromatic carbocycles. The zero-order valence-corrected chi connectivity index (χ0v) is 17.6. The predicted octanol–water partition coefficient (Wildman–Crippen LogP) is 5.28. The van der Waals surface area contributed by atoms with Gasteiger partial charge in [0.2, 0.25) is 5.82 Å². The number of thiophene rings is 1. The van der Waals surface area contributed by atoms with Crippen molar-refractivity contribution in [3.63, 3.8) is 0 Å². The molecule has 0 unspecified atom stereocenters. The first-order chi connectivity index (χ1) is 14.7. The summed E-state index contributed by atoms with van der Waals surface area (Å²) in [7, 11) is 0. The highest BCUT2D eigenvalue weighted by Crippen LogP contribution is 2.38. The third-order valence-corrected chi connectivity index (χ3v) is 6.98. The molecule has 6 rings (SSSR count). The zero-order chi connectivity index (χ0) is 20.2. The Morgan fingerprint density at radius 2 is 2.07 bits per heavy atom. The van der Waals surface area contributed by atoms with Gasteiger partial charge in [-0.3, -0.25) is 0 Å². The van der Waals surface area contributed by atoms with Crippen molar-refractivity contribution in [1.82, 2.24) is 19.6 Å². The predicted molar refractivity (Wildman–Crippen MR) is 116 cm³/mol. The highest BCUT2D eigenvalue weighted by Gasteiger charge is 2.22. The van der Waals surface area contributed by atoms with Gasteiger partial charge >= 0.3 is 0 Å². The first kappa shape index (κ1) is 17.7. The van der Waals surface area contributed by atoms with E-state index in [4.69, 9.17) is 14.1 Å². The number of furan rings is 1. The smallest absolute Gasteiger partial charge is 0.217 e. The van der Waals surface area contributed by atoms with Crippen LogP contribution < -0.4 is 4.74 Å². The van der Waals surface area contributed by atoms with Gasteiger partial charge < -0.3 is 9.15 Å². The van der Waals surface area contributed by atoms with Crippen LogP contribution in [0.25, 0.3) is 27.4 Å². The molecule has 6 nitrogen and oxygen atoms in total. The van der Waals surface area contributed by atoms with E-state index in [2.05, 4.69) is 30.0 Å². The lowest BCUT2D eigenvalue weighted by Crippen LogP contribution is -1.94. The van der Waals surface area contributed by atoms with Crippen molar-refractivity contribution in [2.75, 3.05) is 0 Å². The maximum Gasteiger partial charge on any atom is 0.217 e. The lowest BCUT2D eigenvalue weighted by Gasteiger charge is -2.06. The van der Waals surface area contributed by atoms with Crippen LogP contribution >= 0.6 is 11.3 Å². The summed E-state index contributed by atoms with van der Waals surface area (Å²) in [5.74, 6) is 2.78. The molecule has 0 atom stereocenters. The molecule has 0 fully saturated rings. The van der Waals surface area contributed by atoms with Crippen LogP contribution in [0.5, 0.6) is 5.75 Å². The van der Waals surface area contributed by atoms with Crippen LogP contribution in [-0.2, 0) is 19.4 Å². The van der Waals surface area contributed by atoms with Gasteiger partial charge in [-0.25, -0.2) is 14.5 Å². The monoisotopic (exact) mass is 416 g/mol. The van der Waals surface area contributed by atoms with Crippen LogP contribution in [0.1, 0.15) is 33.7 Å². The molecule has 7 heteroatoms. The molecule has 0 radical (unpaired) electrons. The van der Waals surface area contributed by atoms with Gasteiger partial charge in [-0.1, -0.05) is 6.07 Å². The number of nitrogens with zero attached hydrogens (tertiary/aromatic N) is 4. The summed E-state index contributed by atoms with van der Waals surface area (Å²) in [6.07, 6.45) is 5.19. The summed E-state index contributed by atoms with van der Waals surface area (Å²) in [6.45, 7) is 4.53. The lowest BCUT2D eigenvalue weighted by atomic mass is 10.1. The highest BCUT2D eigenvalue weighted by atomic mass is 32.1. The van der Waals surface area contributed by atoms with E-state index in [0.717, 1.165) is 40.2 Å². The molecule has 0 aliphatic heterocycles. The number of aryl methyl sites for hydroxylation is 4. The molecule has 30 heavy (non-hydrogen) atoms. The number of fused-ring (bicyclic) bond motifs is 5. The molecule has 150 valence electrons. The highest BCUT2D eigenvalue weighted by molar-refractivity contribution is 7.19. The van der Waals surface area contributed by atoms with Gasteiger partial charge in [-0.15, -0.1) is 16.4 Å². The Labute approximate surface area is 177 Å². The van der Waals surface area contributed by atoms with Gasteiger partial charge in [0.15, 0.2) is 11.4 Å². The standard InChI is InChI=1S/C23H20N4O2S/c1-13-6-7-15(10-14(13)2)28-11-16-8-9-18(29-16)21-25-22-20-17-4-3-5-19(17)30-23(20)24-12-27(22)26-21/h6-10,12H,3-5,11H2,1-2H3. The fraction of sp³-hybridized carbons (Fsp3) is 0.261. The molecule has 0 N–H and O–H groups in total. The van der Waals surface area contributed by atoms with Crippen LogP contribution in [-0.4, -0.2) is 19.6 Å². The molecular formula is C23H20N4O2S. The lowest BCUT2D eigenvalue weighted by molar-refractivity contribution is 0.271. The van der Waals surface area contributed by atoms with Crippen LogP contribution in [0, 0.1) is 13.8 Å². The van der Waals surface area contributed by atoms with Gasteiger partial charge in [-0.2, -0.15) is 0 Å². The van der Waals surface area contributed by atoms with Crippen molar-refractivity contribution in [2.45, 2.75) is 39.7 Å². The Morgan fingerprint density at radius 1 is 1.13 bits per heavy atom. The van der Waals surface area contributed by atoms with E-state index >= 15 is 0 Å². The van der Waals surface area contributed by atoms with Crippen molar-refractivity contribution in [3.8, 4) is 17.3 Å². The van der Waals surface area contributed by atoms with Crippen molar-refractivity contribution in [1.29, 1.82) is 0 Å². The Kier molecular flexibility index (Phi) is 3.92. The molecule has 1 aliphatic rings. The number of ether oxygens (including phenoxy) is 1. The third-order valence-electron chi connectivity index (χ3n) is 5.78. The Bertz CT molecular complexity index is 1410. The summed E-state index contributed by atoms with van der Waals surface area (Å²) in [4.78, 5) is 11.9. The van der Waals surface area contributed by atoms with Crippen molar-refractivity contribution in [3.05, 3.63) is 64.0 Å². The maximum absolute atomic E-state index is 5.98. The molecule has 4 aromatic heterocycles. The average molecular weight is 417 g/mol. The minimum Gasteiger partial charge on any atom is -0.486 e. The summed E-state index contributed by atoms with van der Waals surface area (Å²) in [5.41, 5.74) is 4.72. The molecule has 5 aromatic rings. The molecule has 0 spiro atoms. The second-order valence-corrected chi connectivity index (χ2v) is 8.87. The first-order valence-corrected chi connectivity index (χ1v) is 10.9. The molecule has 4 heterocycles. The second kappa shape index (κ2) is 6.67. The Hall–Kier alpha value is -3.19. The maximum atomic E-state index is 5.98. The molecule has 0 amide bonds. The van der Waals surface area contributed by atoms with Gasteiger partial charge in [0.25, 0.3) is 0 Å². The van der Waals surface area contributed by atoms with Gasteiger partial charge in [0, 0.05) is 4.88 Å². The summed E-state index contributed by atoms with van der Waals surface area (Å²) >= 11 is 1.78. The van der Waals surface area contributed by atoms with Crippen LogP contribution in [0.4, 0.5) is 0 Å². The van der Waals surface area contributed by atoms with Crippen molar-refractivity contribution in [2.24, 2.45) is 0 Å². The third kappa shape index (κ3) is 2.81. The Balaban J connectivity index is 1.30. The number of hydrogen-bond acceptors (Lipinski definition) is 6. The SMILES string of the molecule is Cc1ccc(OCc2ccc(-c3nc4c5c6c(sc5ncn4n3)CCC6)o2)cc1C. The van der Waals surface area contributed by atoms with Crippen LogP contribution in [0.3, 0.4) is 0 Å². The Morgan fingerprint density at radius 3 is 2.97 bits per heavy atom. The molecule has 1 aliphatic carbocycles. The van der Waals surface area contributed by atoms with Crippen molar-refractivity contribution < 1.29 is 9.15 Å². The van der Waals surface area contributed by atoms with Crippen molar-refractivity contribution >= 4 is 27.2 Å². The van der Waals surface area contributed by atoms with Gasteiger partial charge in [0.1, 0.15) is 29.3 Å². The number of benzene rings is 1. The summed E-state index contributed by atoms with van der Waals surface area (Å²) < 4.78 is 13.6. The molecule has 0 saturated carbocycles. The molecular weight excluding hydrogens is 396 g/mol. The van der Waals surface area contributed by atoms with Gasteiger partial charge in [0.05, 0.1) is 5.39 Å². The molecule has 0 saturated heterocycles. The number of aromatic nitrogens is 4. The average Bonchev–Trinajstić information content (AvgIpc) is 3.50. The fourth-order valence-corrected chi connectivity index (χ4v) is 5.25. The van der Waals surface area contributed by atoms with E-state index in [1.54, 1.807) is 22.2 Å². The van der Waals surface area contributed by atoms with Crippen LogP contribution in [0.2, 0.25) is 0 Å². The minimum atomic E-state index is 0.361. The van der Waals surface area contributed by atoms with E-state index in [0.29, 0.717) is 18.2 Å². The first-order valence-electron chi connectivity index (χ1n) is 10.1. The quantitative estimate of drug-likeness (QED) is 0.399. The normalized spacial score (nSPS) is 13.4. The van der Waals surface area contributed by atoms with E-state index in [9.17, 15) is 0 Å². The van der Waals surface area contributed by atoms with Crippen LogP contribution in [0.15, 0.2) is 41.1 Å². The fourth-order valence-electron chi connectivity index (χ4n) is 4.03. The minimum absolute atomic E-state index is 0.361. The second-order valence-electron chi connectivity index (χ2n) is 7.79. The topological polar surface area (TPSA) is 65.5 Å². The summed E-state index contributed by atoms with van der Waals surface area (Å²) in [6, 6.07) is 9.90. The van der Waals surface area contributed by atoms with E-state index in [1.165, 1.54) is 28.0 Å². The molecule has 0 bridgehead atoms.